The number of aromatic nitrogens is 1. The second-order valence-electron chi connectivity index (χ2n) is 3.64. The summed E-state index contributed by atoms with van der Waals surface area (Å²) in [6, 6.07) is 0.182. The highest BCUT2D eigenvalue weighted by atomic mass is 32.1. The zero-order valence-electron chi connectivity index (χ0n) is 8.58. The van der Waals surface area contributed by atoms with Crippen LogP contribution in [-0.2, 0) is 0 Å². The lowest BCUT2D eigenvalue weighted by Crippen LogP contribution is -2.12. The van der Waals surface area contributed by atoms with Crippen LogP contribution < -0.4 is 5.73 Å². The lowest BCUT2D eigenvalue weighted by Gasteiger charge is -2.13. The Hall–Kier alpha value is -0.410. The second kappa shape index (κ2) is 4.72. The molecule has 1 aromatic heterocycles. The monoisotopic (exact) mass is 198 g/mol. The van der Waals surface area contributed by atoms with Crippen molar-refractivity contribution in [3.63, 3.8) is 0 Å². The highest BCUT2D eigenvalue weighted by Crippen LogP contribution is 2.24. The minimum absolute atomic E-state index is 0.182. The first-order valence-corrected chi connectivity index (χ1v) is 5.63. The molecule has 0 spiro atoms. The predicted octanol–water partition coefficient (Wildman–Crippen LogP) is 2.89. The van der Waals surface area contributed by atoms with Gasteiger partial charge in [-0.3, -0.25) is 0 Å². The number of hydrogen-bond donors (Lipinski definition) is 1. The van der Waals surface area contributed by atoms with E-state index in [1.54, 1.807) is 11.3 Å². The van der Waals surface area contributed by atoms with Crippen LogP contribution in [0.25, 0.3) is 0 Å². The van der Waals surface area contributed by atoms with E-state index < -0.39 is 0 Å². The maximum atomic E-state index is 6.06. The van der Waals surface area contributed by atoms with Crippen molar-refractivity contribution in [3.05, 3.63) is 16.1 Å². The summed E-state index contributed by atoms with van der Waals surface area (Å²) in [6.45, 7) is 6.47. The molecule has 0 amide bonds. The lowest BCUT2D eigenvalue weighted by atomic mass is 9.99. The minimum Gasteiger partial charge on any atom is -0.323 e. The van der Waals surface area contributed by atoms with Gasteiger partial charge in [0.25, 0.3) is 0 Å². The van der Waals surface area contributed by atoms with Gasteiger partial charge in [-0.05, 0) is 19.3 Å². The van der Waals surface area contributed by atoms with E-state index in [4.69, 9.17) is 5.73 Å². The highest BCUT2D eigenvalue weighted by molar-refractivity contribution is 7.11. The Morgan fingerprint density at radius 1 is 1.62 bits per heavy atom. The molecule has 1 heterocycles. The van der Waals surface area contributed by atoms with Crippen LogP contribution in [0.5, 0.6) is 0 Å². The number of aryl methyl sites for hydroxylation is 1. The zero-order chi connectivity index (χ0) is 9.84. The van der Waals surface area contributed by atoms with Gasteiger partial charge in [0, 0.05) is 17.1 Å². The van der Waals surface area contributed by atoms with Crippen molar-refractivity contribution in [1.82, 2.24) is 4.98 Å². The minimum atomic E-state index is 0.182. The van der Waals surface area contributed by atoms with Gasteiger partial charge in [-0.2, -0.15) is 0 Å². The van der Waals surface area contributed by atoms with Crippen molar-refractivity contribution < 1.29 is 0 Å². The van der Waals surface area contributed by atoms with E-state index >= 15 is 0 Å². The highest BCUT2D eigenvalue weighted by Gasteiger charge is 2.11. The summed E-state index contributed by atoms with van der Waals surface area (Å²) < 4.78 is 0. The third-order valence-corrected chi connectivity index (χ3v) is 3.40. The Bertz CT molecular complexity index is 257. The molecule has 0 fully saturated rings. The molecule has 2 unspecified atom stereocenters. The fourth-order valence-electron chi connectivity index (χ4n) is 1.27. The molecule has 2 nitrogen and oxygen atoms in total. The van der Waals surface area contributed by atoms with Gasteiger partial charge in [0.05, 0.1) is 5.01 Å². The third kappa shape index (κ3) is 3.08. The average Bonchev–Trinajstić information content (AvgIpc) is 2.51. The van der Waals surface area contributed by atoms with Gasteiger partial charge in [-0.25, -0.2) is 4.98 Å². The van der Waals surface area contributed by atoms with Crippen molar-refractivity contribution in [2.24, 2.45) is 11.7 Å². The second-order valence-corrected chi connectivity index (χ2v) is 4.90. The maximum Gasteiger partial charge on any atom is 0.0897 e. The van der Waals surface area contributed by atoms with E-state index in [1.165, 1.54) is 11.3 Å². The van der Waals surface area contributed by atoms with Crippen LogP contribution in [0.4, 0.5) is 0 Å². The summed E-state index contributed by atoms with van der Waals surface area (Å²) in [7, 11) is 0. The molecule has 0 aliphatic carbocycles. The van der Waals surface area contributed by atoms with Crippen molar-refractivity contribution in [3.8, 4) is 0 Å². The summed E-state index contributed by atoms with van der Waals surface area (Å²) in [4.78, 5) is 5.43. The summed E-state index contributed by atoms with van der Waals surface area (Å²) in [5, 5.41) is 1.11. The predicted molar refractivity (Wildman–Crippen MR) is 57.9 cm³/mol. The van der Waals surface area contributed by atoms with E-state index in [-0.39, 0.29) is 6.04 Å². The molecule has 0 bridgehead atoms. The number of nitrogens with two attached hydrogens (primary N) is 1. The van der Waals surface area contributed by atoms with E-state index in [0.29, 0.717) is 5.92 Å². The van der Waals surface area contributed by atoms with Crippen molar-refractivity contribution in [1.29, 1.82) is 0 Å². The molecule has 0 saturated heterocycles. The SMILES string of the molecule is CCC(C)CC(N)c1cnc(C)s1. The summed E-state index contributed by atoms with van der Waals surface area (Å²) >= 11 is 1.71. The molecule has 2 atom stereocenters. The van der Waals surface area contributed by atoms with Gasteiger partial charge in [-0.15, -0.1) is 11.3 Å². The Balaban J connectivity index is 2.53. The molecule has 2 N–H and O–H groups in total. The van der Waals surface area contributed by atoms with Gasteiger partial charge in [-0.1, -0.05) is 20.3 Å². The molecule has 3 heteroatoms. The third-order valence-electron chi connectivity index (χ3n) is 2.36. The summed E-state index contributed by atoms with van der Waals surface area (Å²) in [6.07, 6.45) is 4.18. The van der Waals surface area contributed by atoms with E-state index in [1.807, 2.05) is 13.1 Å². The number of hydrogen-bond acceptors (Lipinski definition) is 3. The first kappa shape index (κ1) is 10.7. The van der Waals surface area contributed by atoms with Gasteiger partial charge in [0.1, 0.15) is 0 Å². The standard InChI is InChI=1S/C10H18N2S/c1-4-7(2)5-9(11)10-6-12-8(3)13-10/h6-7,9H,4-5,11H2,1-3H3. The Morgan fingerprint density at radius 3 is 2.77 bits per heavy atom. The summed E-state index contributed by atoms with van der Waals surface area (Å²) in [5.74, 6) is 0.706. The van der Waals surface area contributed by atoms with Gasteiger partial charge < -0.3 is 5.73 Å². The Morgan fingerprint density at radius 2 is 2.31 bits per heavy atom. The number of rotatable bonds is 4. The van der Waals surface area contributed by atoms with Gasteiger partial charge >= 0.3 is 0 Å². The molecule has 0 aromatic carbocycles. The molecule has 0 aliphatic rings. The van der Waals surface area contributed by atoms with Crippen molar-refractivity contribution in [2.45, 2.75) is 39.7 Å². The first-order chi connectivity index (χ1) is 6.13. The maximum absolute atomic E-state index is 6.06. The zero-order valence-corrected chi connectivity index (χ0v) is 9.40. The van der Waals surface area contributed by atoms with E-state index in [9.17, 15) is 0 Å². The van der Waals surface area contributed by atoms with Gasteiger partial charge in [0.15, 0.2) is 0 Å². The van der Waals surface area contributed by atoms with Crippen LogP contribution in [0.3, 0.4) is 0 Å². The van der Waals surface area contributed by atoms with Crippen molar-refractivity contribution >= 4 is 11.3 Å². The fourth-order valence-corrected chi connectivity index (χ4v) is 2.07. The number of thiazole rings is 1. The van der Waals surface area contributed by atoms with Crippen molar-refractivity contribution in [2.75, 3.05) is 0 Å². The normalized spacial score (nSPS) is 15.7. The number of nitrogens with zero attached hydrogens (tertiary/aromatic N) is 1. The molecule has 0 saturated carbocycles. The molecule has 13 heavy (non-hydrogen) atoms. The molecule has 1 rings (SSSR count). The van der Waals surface area contributed by atoms with E-state index in [0.717, 1.165) is 11.4 Å². The lowest BCUT2D eigenvalue weighted by molar-refractivity contribution is 0.464. The summed E-state index contributed by atoms with van der Waals surface area (Å²) in [5.41, 5.74) is 6.06. The van der Waals surface area contributed by atoms with Crippen LogP contribution >= 0.6 is 11.3 Å². The largest absolute Gasteiger partial charge is 0.323 e. The smallest absolute Gasteiger partial charge is 0.0897 e. The fraction of sp³-hybridized carbons (Fsp3) is 0.700. The van der Waals surface area contributed by atoms with Crippen LogP contribution in [0.2, 0.25) is 0 Å². The van der Waals surface area contributed by atoms with E-state index in [2.05, 4.69) is 18.8 Å². The van der Waals surface area contributed by atoms with Crippen LogP contribution in [0.1, 0.15) is 42.6 Å². The molecule has 74 valence electrons. The molecule has 0 aliphatic heterocycles. The topological polar surface area (TPSA) is 38.9 Å². The molecule has 0 radical (unpaired) electrons. The Labute approximate surface area is 84.2 Å². The first-order valence-electron chi connectivity index (χ1n) is 4.81. The molecular formula is C10H18N2S. The molecule has 1 aromatic rings. The Kier molecular flexibility index (Phi) is 3.88. The van der Waals surface area contributed by atoms with Crippen LogP contribution in [0.15, 0.2) is 6.20 Å². The molecular weight excluding hydrogens is 180 g/mol. The van der Waals surface area contributed by atoms with Crippen LogP contribution in [-0.4, -0.2) is 4.98 Å². The average molecular weight is 198 g/mol. The van der Waals surface area contributed by atoms with Crippen LogP contribution in [0, 0.1) is 12.8 Å². The quantitative estimate of drug-likeness (QED) is 0.808. The van der Waals surface area contributed by atoms with Gasteiger partial charge in [0.2, 0.25) is 0 Å².